The van der Waals surface area contributed by atoms with Crippen LogP contribution < -0.4 is 11.1 Å². The first-order valence-electron chi connectivity index (χ1n) is 3.51. The van der Waals surface area contributed by atoms with Crippen molar-refractivity contribution in [2.45, 2.75) is 6.54 Å². The summed E-state index contributed by atoms with van der Waals surface area (Å²) in [6.07, 6.45) is 0. The molecule has 0 saturated carbocycles. The molecule has 3 heteroatoms. The minimum atomic E-state index is 0. The normalized spacial score (nSPS) is 8.33. The zero-order chi connectivity index (χ0) is 8.10. The molecule has 0 heterocycles. The van der Waals surface area contributed by atoms with E-state index < -0.39 is 0 Å². The van der Waals surface area contributed by atoms with E-state index in [1.54, 1.807) is 0 Å². The van der Waals surface area contributed by atoms with Crippen molar-refractivity contribution in [3.8, 4) is 0 Å². The third kappa shape index (κ3) is 3.88. The van der Waals surface area contributed by atoms with E-state index in [1.807, 2.05) is 30.3 Å². The van der Waals surface area contributed by atoms with Gasteiger partial charge in [-0.3, -0.25) is 0 Å². The summed E-state index contributed by atoms with van der Waals surface area (Å²) in [7, 11) is 0. The van der Waals surface area contributed by atoms with Crippen LogP contribution in [0.2, 0.25) is 0 Å². The van der Waals surface area contributed by atoms with Crippen LogP contribution in [0.1, 0.15) is 5.56 Å². The Kier molecular flexibility index (Phi) is 4.97. The Morgan fingerprint density at radius 2 is 1.92 bits per heavy atom. The van der Waals surface area contributed by atoms with Crippen molar-refractivity contribution in [3.63, 3.8) is 0 Å². The maximum atomic E-state index is 5.33. The van der Waals surface area contributed by atoms with Crippen molar-refractivity contribution in [1.29, 1.82) is 0 Å². The summed E-state index contributed by atoms with van der Waals surface area (Å²) < 4.78 is 0. The van der Waals surface area contributed by atoms with Crippen LogP contribution in [0.3, 0.4) is 0 Å². The Bertz CT molecular complexity index is 234. The number of halogens is 1. The Morgan fingerprint density at radius 3 is 2.42 bits per heavy atom. The summed E-state index contributed by atoms with van der Waals surface area (Å²) in [5.74, 6) is 0.508. The summed E-state index contributed by atoms with van der Waals surface area (Å²) in [6, 6.07) is 10.1. The minimum Gasteiger partial charge on any atom is -0.386 e. The largest absolute Gasteiger partial charge is 0.386 e. The molecule has 0 bridgehead atoms. The smallest absolute Gasteiger partial charge is 0.0888 e. The molecule has 0 aliphatic rings. The van der Waals surface area contributed by atoms with Gasteiger partial charge in [-0.1, -0.05) is 36.9 Å². The second kappa shape index (κ2) is 5.49. The predicted octanol–water partition coefficient (Wildman–Crippen LogP) is 1.63. The molecule has 1 rings (SSSR count). The van der Waals surface area contributed by atoms with Crippen molar-refractivity contribution < 1.29 is 0 Å². The lowest BCUT2D eigenvalue weighted by molar-refractivity contribution is 0.804. The van der Waals surface area contributed by atoms with Gasteiger partial charge in [0.2, 0.25) is 0 Å². The van der Waals surface area contributed by atoms with Gasteiger partial charge < -0.3 is 11.1 Å². The van der Waals surface area contributed by atoms with Crippen molar-refractivity contribution in [2.24, 2.45) is 5.73 Å². The molecule has 0 amide bonds. The molecule has 3 N–H and O–H groups in total. The molecule has 0 spiro atoms. The van der Waals surface area contributed by atoms with E-state index in [2.05, 4.69) is 11.9 Å². The monoisotopic (exact) mass is 184 g/mol. The molecule has 0 atom stereocenters. The van der Waals surface area contributed by atoms with Gasteiger partial charge in [-0.15, -0.1) is 12.4 Å². The van der Waals surface area contributed by atoms with Crippen molar-refractivity contribution >= 4 is 12.4 Å². The number of benzene rings is 1. The van der Waals surface area contributed by atoms with Gasteiger partial charge in [-0.25, -0.2) is 0 Å². The lowest BCUT2D eigenvalue weighted by atomic mass is 10.2. The van der Waals surface area contributed by atoms with Crippen LogP contribution in [0, 0.1) is 0 Å². The molecule has 0 aliphatic carbocycles. The zero-order valence-corrected chi connectivity index (χ0v) is 7.60. The van der Waals surface area contributed by atoms with E-state index in [-0.39, 0.29) is 12.4 Å². The molecule has 66 valence electrons. The number of nitrogens with two attached hydrogens (primary N) is 1. The SMILES string of the molecule is C=C(N)NCc1ccccc1.Cl. The molecular formula is C9H13ClN2. The Labute approximate surface area is 78.9 Å². The molecule has 0 aliphatic heterocycles. The second-order valence-electron chi connectivity index (χ2n) is 2.36. The minimum absolute atomic E-state index is 0. The Balaban J connectivity index is 0.00000121. The summed E-state index contributed by atoms with van der Waals surface area (Å²) >= 11 is 0. The van der Waals surface area contributed by atoms with E-state index in [4.69, 9.17) is 5.73 Å². The quantitative estimate of drug-likeness (QED) is 0.750. The molecule has 0 aromatic heterocycles. The lowest BCUT2D eigenvalue weighted by Gasteiger charge is -2.03. The maximum Gasteiger partial charge on any atom is 0.0888 e. The summed E-state index contributed by atoms with van der Waals surface area (Å²) in [5.41, 5.74) is 6.54. The van der Waals surface area contributed by atoms with Crippen LogP contribution in [0.25, 0.3) is 0 Å². The van der Waals surface area contributed by atoms with Crippen LogP contribution in [0.4, 0.5) is 0 Å². The van der Waals surface area contributed by atoms with Gasteiger partial charge in [0, 0.05) is 6.54 Å². The van der Waals surface area contributed by atoms with E-state index in [0.717, 1.165) is 6.54 Å². The highest BCUT2D eigenvalue weighted by Gasteiger charge is 1.88. The first-order valence-corrected chi connectivity index (χ1v) is 3.51. The highest BCUT2D eigenvalue weighted by Crippen LogP contribution is 1.96. The van der Waals surface area contributed by atoms with Crippen LogP contribution >= 0.6 is 12.4 Å². The lowest BCUT2D eigenvalue weighted by Crippen LogP contribution is -2.17. The Hall–Kier alpha value is -1.15. The van der Waals surface area contributed by atoms with E-state index in [0.29, 0.717) is 5.82 Å². The molecule has 1 aromatic rings. The second-order valence-corrected chi connectivity index (χ2v) is 2.36. The third-order valence-electron chi connectivity index (χ3n) is 1.36. The van der Waals surface area contributed by atoms with Gasteiger partial charge in [0.05, 0.1) is 5.82 Å². The molecule has 0 radical (unpaired) electrons. The predicted molar refractivity (Wildman–Crippen MR) is 53.9 cm³/mol. The first kappa shape index (κ1) is 10.8. The molecule has 1 aromatic carbocycles. The average molecular weight is 185 g/mol. The highest BCUT2D eigenvalue weighted by atomic mass is 35.5. The molecule has 0 fully saturated rings. The van der Waals surface area contributed by atoms with E-state index >= 15 is 0 Å². The molecular weight excluding hydrogens is 172 g/mol. The molecule has 0 unspecified atom stereocenters. The van der Waals surface area contributed by atoms with Gasteiger partial charge >= 0.3 is 0 Å². The summed E-state index contributed by atoms with van der Waals surface area (Å²) in [4.78, 5) is 0. The van der Waals surface area contributed by atoms with Gasteiger partial charge in [-0.05, 0) is 5.56 Å². The van der Waals surface area contributed by atoms with Gasteiger partial charge in [-0.2, -0.15) is 0 Å². The van der Waals surface area contributed by atoms with Gasteiger partial charge in [0.25, 0.3) is 0 Å². The molecule has 2 nitrogen and oxygen atoms in total. The van der Waals surface area contributed by atoms with Crippen molar-refractivity contribution in [3.05, 3.63) is 48.3 Å². The standard InChI is InChI=1S/C9H12N2.ClH/c1-8(10)11-7-9-5-3-2-4-6-9;/h2-6,11H,1,7,10H2;1H. The van der Waals surface area contributed by atoms with Crippen molar-refractivity contribution in [2.75, 3.05) is 0 Å². The van der Waals surface area contributed by atoms with Gasteiger partial charge in [0.15, 0.2) is 0 Å². The number of rotatable bonds is 3. The fourth-order valence-corrected chi connectivity index (χ4v) is 0.811. The Morgan fingerprint density at radius 1 is 1.33 bits per heavy atom. The fraction of sp³-hybridized carbons (Fsp3) is 0.111. The zero-order valence-electron chi connectivity index (χ0n) is 6.79. The van der Waals surface area contributed by atoms with Crippen LogP contribution in [0.15, 0.2) is 42.7 Å². The van der Waals surface area contributed by atoms with Gasteiger partial charge in [0.1, 0.15) is 0 Å². The first-order chi connectivity index (χ1) is 5.29. The van der Waals surface area contributed by atoms with Crippen LogP contribution in [-0.4, -0.2) is 0 Å². The number of nitrogens with one attached hydrogen (secondary N) is 1. The van der Waals surface area contributed by atoms with Crippen LogP contribution in [-0.2, 0) is 6.54 Å². The molecule has 0 saturated heterocycles. The van der Waals surface area contributed by atoms with Crippen LogP contribution in [0.5, 0.6) is 0 Å². The fourth-order valence-electron chi connectivity index (χ4n) is 0.811. The number of hydrogen-bond donors (Lipinski definition) is 2. The average Bonchev–Trinajstić information content (AvgIpc) is 2.03. The van der Waals surface area contributed by atoms with Crippen molar-refractivity contribution in [1.82, 2.24) is 5.32 Å². The highest BCUT2D eigenvalue weighted by molar-refractivity contribution is 5.85. The van der Waals surface area contributed by atoms with E-state index in [9.17, 15) is 0 Å². The molecule has 12 heavy (non-hydrogen) atoms. The summed E-state index contributed by atoms with van der Waals surface area (Å²) in [5, 5.41) is 2.95. The topological polar surface area (TPSA) is 38.0 Å². The third-order valence-corrected chi connectivity index (χ3v) is 1.36. The summed E-state index contributed by atoms with van der Waals surface area (Å²) in [6.45, 7) is 4.28. The van der Waals surface area contributed by atoms with E-state index in [1.165, 1.54) is 5.56 Å². The maximum absolute atomic E-state index is 5.33. The number of hydrogen-bond acceptors (Lipinski definition) is 2.